The van der Waals surface area contributed by atoms with Crippen LogP contribution in [0, 0.1) is 0 Å². The Morgan fingerprint density at radius 1 is 0.810 bits per heavy atom. The molecule has 0 radical (unpaired) electrons. The largest absolute Gasteiger partial charge is 0.382 e. The molecule has 0 spiro atoms. The van der Waals surface area contributed by atoms with Crippen molar-refractivity contribution in [1.29, 1.82) is 0 Å². The number of para-hydroxylation sites is 1. The zero-order chi connectivity index (χ0) is 14.9. The molecule has 6 heteroatoms. The topological polar surface area (TPSA) is 75.3 Å². The van der Waals surface area contributed by atoms with Crippen LogP contribution in [0.1, 0.15) is 10.4 Å². The molecule has 2 N–H and O–H groups in total. The molecule has 1 heterocycles. The van der Waals surface area contributed by atoms with Crippen molar-refractivity contribution in [2.45, 2.75) is 9.79 Å². The van der Waals surface area contributed by atoms with Crippen molar-refractivity contribution in [3.05, 3.63) is 54.1 Å². The van der Waals surface area contributed by atoms with Gasteiger partial charge in [0, 0.05) is 13.1 Å². The molecular weight excluding hydrogens is 288 g/mol. The average molecular weight is 302 g/mol. The van der Waals surface area contributed by atoms with E-state index in [4.69, 9.17) is 0 Å². The first-order valence-electron chi connectivity index (χ1n) is 6.56. The molecule has 0 aromatic heterocycles. The van der Waals surface area contributed by atoms with E-state index in [2.05, 4.69) is 10.6 Å². The number of hydrogen-bond donors (Lipinski definition) is 2. The fourth-order valence-corrected chi connectivity index (χ4v) is 3.95. The van der Waals surface area contributed by atoms with Crippen molar-refractivity contribution in [3.63, 3.8) is 0 Å². The predicted molar refractivity (Wildman–Crippen MR) is 79.2 cm³/mol. The summed E-state index contributed by atoms with van der Waals surface area (Å²) in [5.74, 6) is -0.379. The monoisotopic (exact) mass is 302 g/mol. The third-order valence-electron chi connectivity index (χ3n) is 3.32. The van der Waals surface area contributed by atoms with Crippen molar-refractivity contribution in [2.24, 2.45) is 0 Å². The third kappa shape index (κ3) is 2.38. The van der Waals surface area contributed by atoms with Crippen LogP contribution in [-0.2, 0) is 9.84 Å². The second-order valence-electron chi connectivity index (χ2n) is 4.68. The molecule has 0 aliphatic carbocycles. The number of benzene rings is 2. The fourth-order valence-electron chi connectivity index (χ4n) is 2.32. The lowest BCUT2D eigenvalue weighted by Crippen LogP contribution is -2.31. The van der Waals surface area contributed by atoms with Gasteiger partial charge in [-0.3, -0.25) is 4.79 Å². The van der Waals surface area contributed by atoms with E-state index in [0.717, 1.165) is 0 Å². The quantitative estimate of drug-likeness (QED) is 0.776. The number of hydrogen-bond acceptors (Lipinski definition) is 4. The molecule has 0 bridgehead atoms. The molecule has 0 saturated heterocycles. The molecule has 1 aliphatic heterocycles. The number of sulfone groups is 1. The minimum atomic E-state index is -3.76. The summed E-state index contributed by atoms with van der Waals surface area (Å²) in [7, 11) is -3.76. The van der Waals surface area contributed by atoms with Crippen molar-refractivity contribution in [1.82, 2.24) is 5.32 Å². The van der Waals surface area contributed by atoms with Gasteiger partial charge in [-0.15, -0.1) is 0 Å². The highest BCUT2D eigenvalue weighted by Gasteiger charge is 2.26. The SMILES string of the molecule is O=C1NCCNc2ccccc2S(=O)(=O)c2ccccc21. The fraction of sp³-hybridized carbons (Fsp3) is 0.133. The number of fused-ring (bicyclic) bond motifs is 2. The average Bonchev–Trinajstić information content (AvgIpc) is 2.51. The molecular formula is C15H14N2O3S. The summed E-state index contributed by atoms with van der Waals surface area (Å²) in [5.41, 5.74) is 0.720. The van der Waals surface area contributed by atoms with Crippen LogP contribution in [0.25, 0.3) is 0 Å². The molecule has 0 unspecified atom stereocenters. The number of carbonyl (C=O) groups is 1. The van der Waals surface area contributed by atoms with Crippen molar-refractivity contribution in [3.8, 4) is 0 Å². The lowest BCUT2D eigenvalue weighted by molar-refractivity contribution is 0.0952. The van der Waals surface area contributed by atoms with Crippen LogP contribution in [0.2, 0.25) is 0 Å². The lowest BCUT2D eigenvalue weighted by Gasteiger charge is -2.17. The molecule has 0 saturated carbocycles. The zero-order valence-electron chi connectivity index (χ0n) is 11.2. The van der Waals surface area contributed by atoms with E-state index in [1.807, 2.05) is 0 Å². The number of rotatable bonds is 0. The van der Waals surface area contributed by atoms with E-state index in [1.165, 1.54) is 12.1 Å². The van der Waals surface area contributed by atoms with Gasteiger partial charge < -0.3 is 10.6 Å². The number of anilines is 1. The highest BCUT2D eigenvalue weighted by molar-refractivity contribution is 7.91. The van der Waals surface area contributed by atoms with Gasteiger partial charge >= 0.3 is 0 Å². The Morgan fingerprint density at radius 2 is 1.43 bits per heavy atom. The van der Waals surface area contributed by atoms with Crippen LogP contribution in [-0.4, -0.2) is 27.4 Å². The van der Waals surface area contributed by atoms with E-state index in [9.17, 15) is 13.2 Å². The first-order valence-corrected chi connectivity index (χ1v) is 8.04. The number of nitrogens with one attached hydrogen (secondary N) is 2. The van der Waals surface area contributed by atoms with Crippen molar-refractivity contribution >= 4 is 21.4 Å². The van der Waals surface area contributed by atoms with Crippen molar-refractivity contribution < 1.29 is 13.2 Å². The third-order valence-corrected chi connectivity index (χ3v) is 5.19. The molecule has 108 valence electrons. The minimum Gasteiger partial charge on any atom is -0.382 e. The molecule has 1 aliphatic rings. The Bertz CT molecular complexity index is 800. The number of amides is 1. The normalized spacial score (nSPS) is 16.9. The first kappa shape index (κ1) is 13.6. The summed E-state index contributed by atoms with van der Waals surface area (Å²) >= 11 is 0. The van der Waals surface area contributed by atoms with Gasteiger partial charge in [0.25, 0.3) is 5.91 Å². The second kappa shape index (κ2) is 5.21. The van der Waals surface area contributed by atoms with Gasteiger partial charge in [0.15, 0.2) is 0 Å². The summed E-state index contributed by atoms with van der Waals surface area (Å²) in [6.45, 7) is 0.877. The molecule has 2 aromatic rings. The Morgan fingerprint density at radius 3 is 2.24 bits per heavy atom. The van der Waals surface area contributed by atoms with Gasteiger partial charge in [-0.1, -0.05) is 24.3 Å². The van der Waals surface area contributed by atoms with Gasteiger partial charge in [0.1, 0.15) is 0 Å². The molecule has 1 amide bonds. The molecule has 21 heavy (non-hydrogen) atoms. The molecule has 2 aromatic carbocycles. The zero-order valence-corrected chi connectivity index (χ0v) is 12.0. The van der Waals surface area contributed by atoms with Crippen molar-refractivity contribution in [2.75, 3.05) is 18.4 Å². The molecule has 0 fully saturated rings. The maximum absolute atomic E-state index is 12.9. The van der Waals surface area contributed by atoms with Crippen LogP contribution in [0.3, 0.4) is 0 Å². The van der Waals surface area contributed by atoms with Gasteiger partial charge in [-0.25, -0.2) is 8.42 Å². The first-order chi connectivity index (χ1) is 10.1. The maximum Gasteiger partial charge on any atom is 0.252 e. The molecule has 0 atom stereocenters. The van der Waals surface area contributed by atoms with Gasteiger partial charge in [-0.2, -0.15) is 0 Å². The van der Waals surface area contributed by atoms with E-state index in [1.54, 1.807) is 36.4 Å². The standard InChI is InChI=1S/C15H14N2O3S/c18-15-11-5-1-3-7-13(11)21(19,20)14-8-4-2-6-12(14)16-9-10-17-15/h1-8,16H,9-10H2,(H,17,18). The second-order valence-corrected chi connectivity index (χ2v) is 6.56. The lowest BCUT2D eigenvalue weighted by atomic mass is 10.2. The number of carbonyl (C=O) groups excluding carboxylic acids is 1. The Hall–Kier alpha value is -2.34. The van der Waals surface area contributed by atoms with Gasteiger partial charge in [-0.05, 0) is 24.3 Å². The van der Waals surface area contributed by atoms with E-state index in [-0.39, 0.29) is 21.3 Å². The van der Waals surface area contributed by atoms with Crippen LogP contribution in [0.15, 0.2) is 58.3 Å². The highest BCUT2D eigenvalue weighted by atomic mass is 32.2. The summed E-state index contributed by atoms with van der Waals surface area (Å²) in [6.07, 6.45) is 0. The summed E-state index contributed by atoms with van der Waals surface area (Å²) < 4.78 is 25.7. The Kier molecular flexibility index (Phi) is 3.39. The Balaban J connectivity index is 2.29. The summed E-state index contributed by atoms with van der Waals surface area (Å²) in [5, 5.41) is 5.76. The molecule has 3 rings (SSSR count). The van der Waals surface area contributed by atoms with E-state index >= 15 is 0 Å². The molecule has 5 nitrogen and oxygen atoms in total. The Labute approximate surface area is 122 Å². The minimum absolute atomic E-state index is 0.0265. The van der Waals surface area contributed by atoms with Crippen LogP contribution < -0.4 is 10.6 Å². The summed E-state index contributed by atoms with van der Waals surface area (Å²) in [6, 6.07) is 13.0. The summed E-state index contributed by atoms with van der Waals surface area (Å²) in [4.78, 5) is 12.3. The van der Waals surface area contributed by atoms with Gasteiger partial charge in [0.2, 0.25) is 9.84 Å². The van der Waals surface area contributed by atoms with E-state index < -0.39 is 9.84 Å². The van der Waals surface area contributed by atoms with Gasteiger partial charge in [0.05, 0.1) is 21.0 Å². The smallest absolute Gasteiger partial charge is 0.252 e. The maximum atomic E-state index is 12.9. The van der Waals surface area contributed by atoms with Crippen LogP contribution >= 0.6 is 0 Å². The van der Waals surface area contributed by atoms with E-state index in [0.29, 0.717) is 18.8 Å². The van der Waals surface area contributed by atoms with Crippen LogP contribution in [0.4, 0.5) is 5.69 Å². The highest BCUT2D eigenvalue weighted by Crippen LogP contribution is 2.29. The van der Waals surface area contributed by atoms with Crippen LogP contribution in [0.5, 0.6) is 0 Å². The predicted octanol–water partition coefficient (Wildman–Crippen LogP) is 1.67.